The van der Waals surface area contributed by atoms with Crippen LogP contribution in [0.15, 0.2) is 121 Å². The monoisotopic (exact) mass is 646 g/mol. The summed E-state index contributed by atoms with van der Waals surface area (Å²) in [7, 11) is 0. The molecule has 0 atom stereocenters. The van der Waals surface area contributed by atoms with Gasteiger partial charge in [0.15, 0.2) is 0 Å². The number of hydrogen-bond donors (Lipinski definition) is 0. The fourth-order valence-electron chi connectivity index (χ4n) is 7.40. The Morgan fingerprint density at radius 1 is 0.460 bits per heavy atom. The zero-order valence-corrected chi connectivity index (χ0v) is 29.3. The summed E-state index contributed by atoms with van der Waals surface area (Å²) in [5.74, 6) is 0. The summed E-state index contributed by atoms with van der Waals surface area (Å²) >= 11 is 0. The first-order valence-corrected chi connectivity index (χ1v) is 17.1. The van der Waals surface area contributed by atoms with Crippen LogP contribution in [0.1, 0.15) is 63.8 Å². The molecule has 2 aromatic heterocycles. The van der Waals surface area contributed by atoms with Crippen molar-refractivity contribution in [1.82, 2.24) is 9.13 Å². The van der Waals surface area contributed by atoms with Gasteiger partial charge in [-0.3, -0.25) is 0 Å². The molecule has 0 amide bonds. The highest BCUT2D eigenvalue weighted by Crippen LogP contribution is 2.43. The van der Waals surface area contributed by atoms with Crippen LogP contribution in [-0.2, 0) is 10.8 Å². The van der Waals surface area contributed by atoms with Gasteiger partial charge in [-0.1, -0.05) is 90.1 Å². The molecule has 242 valence electrons. The zero-order chi connectivity index (χ0) is 34.9. The summed E-state index contributed by atoms with van der Waals surface area (Å²) in [6.07, 6.45) is 0. The maximum atomic E-state index is 10.0. The maximum Gasteiger partial charge on any atom is 0.0992 e. The van der Waals surface area contributed by atoms with Gasteiger partial charge in [0, 0.05) is 32.8 Å². The Morgan fingerprint density at radius 3 is 1.54 bits per heavy atom. The summed E-state index contributed by atoms with van der Waals surface area (Å²) in [6.45, 7) is 13.6. The van der Waals surface area contributed by atoms with Crippen molar-refractivity contribution in [3.05, 3.63) is 144 Å². The van der Waals surface area contributed by atoms with Crippen molar-refractivity contribution in [1.29, 1.82) is 10.5 Å². The zero-order valence-electron chi connectivity index (χ0n) is 29.3. The van der Waals surface area contributed by atoms with Crippen molar-refractivity contribution in [2.75, 3.05) is 0 Å². The first kappa shape index (κ1) is 31.2. The molecule has 0 fully saturated rings. The normalized spacial score (nSPS) is 12.2. The lowest BCUT2D eigenvalue weighted by Crippen LogP contribution is -2.10. The number of para-hydroxylation sites is 2. The number of rotatable bonds is 3. The van der Waals surface area contributed by atoms with Crippen LogP contribution >= 0.6 is 0 Å². The lowest BCUT2D eigenvalue weighted by molar-refractivity contribution is 0.590. The van der Waals surface area contributed by atoms with Gasteiger partial charge in [-0.2, -0.15) is 10.5 Å². The molecule has 0 saturated heterocycles. The molecule has 4 nitrogen and oxygen atoms in total. The summed E-state index contributed by atoms with van der Waals surface area (Å²) in [5, 5.41) is 24.7. The van der Waals surface area contributed by atoms with Crippen molar-refractivity contribution in [3.8, 4) is 34.6 Å². The molecule has 0 N–H and O–H groups in total. The number of fused-ring (bicyclic) bond motifs is 6. The molecule has 50 heavy (non-hydrogen) atoms. The van der Waals surface area contributed by atoms with Gasteiger partial charge >= 0.3 is 0 Å². The Hall–Kier alpha value is -6.10. The Bertz CT molecular complexity index is 2630. The number of benzene rings is 6. The van der Waals surface area contributed by atoms with Gasteiger partial charge in [0.25, 0.3) is 0 Å². The van der Waals surface area contributed by atoms with Gasteiger partial charge in [-0.15, -0.1) is 0 Å². The first-order chi connectivity index (χ1) is 24.0. The summed E-state index contributed by atoms with van der Waals surface area (Å²) < 4.78 is 4.73. The lowest BCUT2D eigenvalue weighted by Gasteiger charge is -2.20. The summed E-state index contributed by atoms with van der Waals surface area (Å²) in [6, 6.07) is 47.4. The molecule has 0 unspecified atom stereocenters. The smallest absolute Gasteiger partial charge is 0.0992 e. The largest absolute Gasteiger partial charge is 0.309 e. The second kappa shape index (κ2) is 11.2. The molecule has 2 heterocycles. The molecule has 0 aliphatic heterocycles. The molecule has 0 spiro atoms. The molecular formula is C46H38N4. The van der Waals surface area contributed by atoms with Crippen LogP contribution in [0, 0.1) is 22.7 Å². The maximum absolute atomic E-state index is 10.0. The van der Waals surface area contributed by atoms with Crippen LogP contribution in [0.3, 0.4) is 0 Å². The minimum Gasteiger partial charge on any atom is -0.309 e. The van der Waals surface area contributed by atoms with E-state index in [9.17, 15) is 10.5 Å². The molecule has 4 heteroatoms. The lowest BCUT2D eigenvalue weighted by atomic mass is 9.85. The number of aromatic nitrogens is 2. The van der Waals surface area contributed by atoms with E-state index in [4.69, 9.17) is 0 Å². The Labute approximate surface area is 293 Å². The standard InChI is InChI=1S/C46H38N4/c1-45(2,3)32-16-18-41-37(23-32)38-24-33(46(4,5)6)17-19-42(38)50(41)43-26-44-39(25-36(43)31-21-29(27-47)20-30(22-31)28-48)35-14-10-11-15-40(35)49(44)34-12-8-7-9-13-34/h7-26H,1-6H3. The second-order valence-electron chi connectivity index (χ2n) is 15.4. The van der Waals surface area contributed by atoms with Gasteiger partial charge < -0.3 is 9.13 Å². The quantitative estimate of drug-likeness (QED) is 0.192. The molecule has 0 aliphatic rings. The Morgan fingerprint density at radius 2 is 0.980 bits per heavy atom. The molecule has 6 aromatic carbocycles. The van der Waals surface area contributed by atoms with E-state index in [1.54, 1.807) is 6.07 Å². The highest BCUT2D eigenvalue weighted by molar-refractivity contribution is 6.14. The molecule has 0 saturated carbocycles. The SMILES string of the molecule is CC(C)(C)c1ccc2c(c1)c1cc(C(C)(C)C)ccc1n2-c1cc2c(cc1-c1cc(C#N)cc(C#N)c1)c1ccccc1n2-c1ccccc1. The van der Waals surface area contributed by atoms with Gasteiger partial charge in [-0.25, -0.2) is 0 Å². The third-order valence-electron chi connectivity index (χ3n) is 10.0. The van der Waals surface area contributed by atoms with E-state index in [0.29, 0.717) is 11.1 Å². The van der Waals surface area contributed by atoms with Crippen molar-refractivity contribution in [2.45, 2.75) is 52.4 Å². The number of hydrogen-bond acceptors (Lipinski definition) is 2. The van der Waals surface area contributed by atoms with Crippen molar-refractivity contribution in [3.63, 3.8) is 0 Å². The Balaban J connectivity index is 1.58. The summed E-state index contributed by atoms with van der Waals surface area (Å²) in [4.78, 5) is 0. The van der Waals surface area contributed by atoms with Crippen molar-refractivity contribution < 1.29 is 0 Å². The van der Waals surface area contributed by atoms with E-state index >= 15 is 0 Å². The van der Waals surface area contributed by atoms with Crippen molar-refractivity contribution in [2.24, 2.45) is 0 Å². The predicted molar refractivity (Wildman–Crippen MR) is 207 cm³/mol. The second-order valence-corrected chi connectivity index (χ2v) is 15.4. The van der Waals surface area contributed by atoms with Gasteiger partial charge in [-0.05, 0) is 100 Å². The summed E-state index contributed by atoms with van der Waals surface area (Å²) in [5.41, 5.74) is 11.7. The minimum atomic E-state index is -0.0175. The van der Waals surface area contributed by atoms with E-state index < -0.39 is 0 Å². The van der Waals surface area contributed by atoms with Gasteiger partial charge in [0.05, 0.1) is 51.0 Å². The molecule has 8 aromatic rings. The Kier molecular flexibility index (Phi) is 7.00. The average molecular weight is 647 g/mol. The van der Waals surface area contributed by atoms with E-state index in [0.717, 1.165) is 55.3 Å². The van der Waals surface area contributed by atoms with Crippen LogP contribution < -0.4 is 0 Å². The third-order valence-corrected chi connectivity index (χ3v) is 10.0. The number of nitrogens with zero attached hydrogens (tertiary/aromatic N) is 4. The fraction of sp³-hybridized carbons (Fsp3) is 0.174. The molecule has 0 aliphatic carbocycles. The van der Waals surface area contributed by atoms with Crippen molar-refractivity contribution >= 4 is 43.6 Å². The van der Waals surface area contributed by atoms with Gasteiger partial charge in [0.1, 0.15) is 0 Å². The van der Waals surface area contributed by atoms with E-state index in [1.165, 1.54) is 21.9 Å². The van der Waals surface area contributed by atoms with E-state index in [2.05, 4.69) is 160 Å². The van der Waals surface area contributed by atoms with Crippen LogP contribution in [0.4, 0.5) is 0 Å². The fourth-order valence-corrected chi connectivity index (χ4v) is 7.40. The molecule has 8 rings (SSSR count). The van der Waals surface area contributed by atoms with Crippen LogP contribution in [0.2, 0.25) is 0 Å². The topological polar surface area (TPSA) is 57.4 Å². The predicted octanol–water partition coefficient (Wildman–Crippen LogP) is 11.9. The average Bonchev–Trinajstić information content (AvgIpc) is 3.62. The molecule has 0 bridgehead atoms. The highest BCUT2D eigenvalue weighted by Gasteiger charge is 2.24. The van der Waals surface area contributed by atoms with Crippen LogP contribution in [0.25, 0.3) is 66.1 Å². The van der Waals surface area contributed by atoms with Crippen LogP contribution in [0.5, 0.6) is 0 Å². The molecular weight excluding hydrogens is 609 g/mol. The van der Waals surface area contributed by atoms with Gasteiger partial charge in [0.2, 0.25) is 0 Å². The molecule has 0 radical (unpaired) electrons. The minimum absolute atomic E-state index is 0.0175. The highest BCUT2D eigenvalue weighted by atomic mass is 15.0. The van der Waals surface area contributed by atoms with E-state index in [-0.39, 0.29) is 10.8 Å². The van der Waals surface area contributed by atoms with E-state index in [1.807, 2.05) is 18.2 Å². The first-order valence-electron chi connectivity index (χ1n) is 17.1. The third kappa shape index (κ3) is 4.96. The van der Waals surface area contributed by atoms with Crippen LogP contribution in [-0.4, -0.2) is 9.13 Å². The number of nitriles is 2.